The number of carbonyl (C=O) groups excluding carboxylic acids is 2. The van der Waals surface area contributed by atoms with Gasteiger partial charge in [-0.3, -0.25) is 4.79 Å². The molecular weight excluding hydrogens is 262 g/mol. The normalized spacial score (nSPS) is 13.5. The second-order valence-electron chi connectivity index (χ2n) is 4.25. The number of hydrogen-bond donors (Lipinski definition) is 1. The minimum Gasteiger partial charge on any atom is -0.467 e. The molecular formula is C10H18BrNO3. The molecule has 0 heterocycles. The van der Waals surface area contributed by atoms with Crippen molar-refractivity contribution in [2.75, 3.05) is 7.11 Å². The Bertz CT molecular complexity index is 251. The number of esters is 1. The molecule has 0 aliphatic carbocycles. The first-order valence-corrected chi connectivity index (χ1v) is 5.68. The highest BCUT2D eigenvalue weighted by Crippen LogP contribution is 2.14. The molecule has 5 heteroatoms. The lowest BCUT2D eigenvalue weighted by Gasteiger charge is -2.25. The summed E-state index contributed by atoms with van der Waals surface area (Å²) in [7, 11) is 1.30. The first-order valence-electron chi connectivity index (χ1n) is 4.77. The number of nitrogens with one attached hydrogen (secondary N) is 1. The molecule has 0 aliphatic rings. The maximum atomic E-state index is 11.7. The van der Waals surface area contributed by atoms with Crippen LogP contribution in [0, 0.1) is 5.92 Å². The smallest absolute Gasteiger partial charge is 0.330 e. The molecule has 4 nitrogen and oxygen atoms in total. The second kappa shape index (κ2) is 5.49. The number of hydrogen-bond acceptors (Lipinski definition) is 3. The maximum Gasteiger partial charge on any atom is 0.330 e. The Labute approximate surface area is 98.9 Å². The van der Waals surface area contributed by atoms with Crippen LogP contribution in [-0.4, -0.2) is 29.4 Å². The fraction of sp³-hybridized carbons (Fsp3) is 0.800. The zero-order valence-corrected chi connectivity index (χ0v) is 11.3. The van der Waals surface area contributed by atoms with E-state index in [2.05, 4.69) is 26.0 Å². The van der Waals surface area contributed by atoms with Crippen molar-refractivity contribution in [3.63, 3.8) is 0 Å². The summed E-state index contributed by atoms with van der Waals surface area (Å²) in [5.74, 6) is -0.502. The average Bonchev–Trinajstić information content (AvgIpc) is 2.14. The standard InChI is InChI=1S/C10H18BrNO3/c1-6(2)7(11)8(13)12-10(3,4)9(14)15-5/h6-7H,1-5H3,(H,12,13). The van der Waals surface area contributed by atoms with Crippen molar-refractivity contribution in [3.8, 4) is 0 Å². The Morgan fingerprint density at radius 1 is 1.33 bits per heavy atom. The van der Waals surface area contributed by atoms with Crippen molar-refractivity contribution in [2.24, 2.45) is 5.92 Å². The third-order valence-electron chi connectivity index (χ3n) is 1.97. The maximum absolute atomic E-state index is 11.7. The predicted octanol–water partition coefficient (Wildman–Crippen LogP) is 1.47. The molecule has 0 aliphatic heterocycles. The summed E-state index contributed by atoms with van der Waals surface area (Å²) in [5.41, 5.74) is -0.993. The average molecular weight is 280 g/mol. The first kappa shape index (κ1) is 14.4. The first-order chi connectivity index (χ1) is 6.72. The Morgan fingerprint density at radius 2 is 1.80 bits per heavy atom. The van der Waals surface area contributed by atoms with Gasteiger partial charge < -0.3 is 10.1 Å². The number of amides is 1. The SMILES string of the molecule is COC(=O)C(C)(C)NC(=O)C(Br)C(C)C. The van der Waals surface area contributed by atoms with Crippen molar-refractivity contribution in [1.29, 1.82) is 0 Å². The van der Waals surface area contributed by atoms with E-state index < -0.39 is 11.5 Å². The van der Waals surface area contributed by atoms with E-state index >= 15 is 0 Å². The Balaban J connectivity index is 4.47. The van der Waals surface area contributed by atoms with Crippen LogP contribution >= 0.6 is 15.9 Å². The Morgan fingerprint density at radius 3 is 2.13 bits per heavy atom. The second-order valence-corrected chi connectivity index (χ2v) is 5.24. The molecule has 0 fully saturated rings. The third kappa shape index (κ3) is 4.20. The lowest BCUT2D eigenvalue weighted by atomic mass is 10.0. The molecule has 15 heavy (non-hydrogen) atoms. The minimum absolute atomic E-state index is 0.165. The van der Waals surface area contributed by atoms with Crippen molar-refractivity contribution < 1.29 is 14.3 Å². The van der Waals surface area contributed by atoms with Crippen LogP contribution in [0.15, 0.2) is 0 Å². The number of ether oxygens (including phenoxy) is 1. The van der Waals surface area contributed by atoms with Gasteiger partial charge in [-0.1, -0.05) is 29.8 Å². The van der Waals surface area contributed by atoms with E-state index in [9.17, 15) is 9.59 Å². The molecule has 0 saturated carbocycles. The Hall–Kier alpha value is -0.580. The lowest BCUT2D eigenvalue weighted by Crippen LogP contribution is -2.53. The van der Waals surface area contributed by atoms with E-state index in [0.29, 0.717) is 0 Å². The van der Waals surface area contributed by atoms with Crippen molar-refractivity contribution >= 4 is 27.8 Å². The summed E-state index contributed by atoms with van der Waals surface area (Å²) in [4.78, 5) is 22.7. The van der Waals surface area contributed by atoms with Crippen LogP contribution in [0.3, 0.4) is 0 Å². The van der Waals surface area contributed by atoms with Gasteiger partial charge in [-0.25, -0.2) is 4.79 Å². The van der Waals surface area contributed by atoms with E-state index in [1.165, 1.54) is 7.11 Å². The van der Waals surface area contributed by atoms with Gasteiger partial charge in [-0.05, 0) is 19.8 Å². The highest BCUT2D eigenvalue weighted by molar-refractivity contribution is 9.10. The molecule has 0 aromatic heterocycles. The number of carbonyl (C=O) groups is 2. The van der Waals surface area contributed by atoms with Crippen molar-refractivity contribution in [1.82, 2.24) is 5.32 Å². The van der Waals surface area contributed by atoms with Crippen molar-refractivity contribution in [3.05, 3.63) is 0 Å². The largest absolute Gasteiger partial charge is 0.467 e. The Kier molecular flexibility index (Phi) is 5.28. The van der Waals surface area contributed by atoms with Gasteiger partial charge in [-0.2, -0.15) is 0 Å². The number of rotatable bonds is 4. The summed E-state index contributed by atoms with van der Waals surface area (Å²) in [6, 6.07) is 0. The highest BCUT2D eigenvalue weighted by atomic mass is 79.9. The van der Waals surface area contributed by atoms with Gasteiger partial charge in [0.25, 0.3) is 0 Å². The van der Waals surface area contributed by atoms with Crippen LogP contribution < -0.4 is 5.32 Å². The number of halogens is 1. The zero-order valence-electron chi connectivity index (χ0n) is 9.76. The van der Waals surface area contributed by atoms with Crippen LogP contribution in [0.2, 0.25) is 0 Å². The van der Waals surface area contributed by atoms with Gasteiger partial charge in [-0.15, -0.1) is 0 Å². The molecule has 1 unspecified atom stereocenters. The molecule has 0 radical (unpaired) electrons. The summed E-state index contributed by atoms with van der Waals surface area (Å²) in [6.07, 6.45) is 0. The quantitative estimate of drug-likeness (QED) is 0.626. The topological polar surface area (TPSA) is 55.4 Å². The zero-order chi connectivity index (χ0) is 12.2. The summed E-state index contributed by atoms with van der Waals surface area (Å²) >= 11 is 3.27. The van der Waals surface area contributed by atoms with Crippen LogP contribution in [0.1, 0.15) is 27.7 Å². The van der Waals surface area contributed by atoms with Crippen molar-refractivity contribution in [2.45, 2.75) is 38.1 Å². The molecule has 0 spiro atoms. The van der Waals surface area contributed by atoms with Gasteiger partial charge in [0.1, 0.15) is 5.54 Å². The summed E-state index contributed by atoms with van der Waals surface area (Å²) in [6.45, 7) is 7.06. The monoisotopic (exact) mass is 279 g/mol. The molecule has 1 amide bonds. The number of alkyl halides is 1. The molecule has 1 atom stereocenters. The van der Waals surface area contributed by atoms with Gasteiger partial charge >= 0.3 is 5.97 Å². The molecule has 0 bridgehead atoms. The molecule has 0 aromatic carbocycles. The van der Waals surface area contributed by atoms with Gasteiger partial charge in [0.2, 0.25) is 5.91 Å². The predicted molar refractivity (Wildman–Crippen MR) is 61.8 cm³/mol. The minimum atomic E-state index is -0.993. The van der Waals surface area contributed by atoms with Gasteiger partial charge in [0.05, 0.1) is 11.9 Å². The molecule has 1 N–H and O–H groups in total. The van der Waals surface area contributed by atoms with Gasteiger partial charge in [0.15, 0.2) is 0 Å². The molecule has 0 aromatic rings. The molecule has 0 saturated heterocycles. The van der Waals surface area contributed by atoms with E-state index in [1.807, 2.05) is 13.8 Å². The van der Waals surface area contributed by atoms with Crippen LogP contribution in [-0.2, 0) is 14.3 Å². The van der Waals surface area contributed by atoms with Gasteiger partial charge in [0, 0.05) is 0 Å². The van der Waals surface area contributed by atoms with E-state index in [-0.39, 0.29) is 16.7 Å². The third-order valence-corrected chi connectivity index (χ3v) is 3.44. The summed E-state index contributed by atoms with van der Waals surface area (Å²) in [5, 5.41) is 2.63. The summed E-state index contributed by atoms with van der Waals surface area (Å²) < 4.78 is 4.59. The fourth-order valence-electron chi connectivity index (χ4n) is 0.986. The van der Waals surface area contributed by atoms with E-state index in [1.54, 1.807) is 13.8 Å². The van der Waals surface area contributed by atoms with Crippen LogP contribution in [0.5, 0.6) is 0 Å². The van der Waals surface area contributed by atoms with Crippen LogP contribution in [0.4, 0.5) is 0 Å². The fourth-order valence-corrected chi connectivity index (χ4v) is 1.10. The number of methoxy groups -OCH3 is 1. The molecule has 88 valence electrons. The lowest BCUT2D eigenvalue weighted by molar-refractivity contribution is -0.149. The van der Waals surface area contributed by atoms with E-state index in [0.717, 1.165) is 0 Å². The van der Waals surface area contributed by atoms with Crippen LogP contribution in [0.25, 0.3) is 0 Å². The highest BCUT2D eigenvalue weighted by Gasteiger charge is 2.32. The molecule has 0 rings (SSSR count). The van der Waals surface area contributed by atoms with E-state index in [4.69, 9.17) is 0 Å².